The van der Waals surface area contributed by atoms with E-state index in [9.17, 15) is 4.79 Å². The zero-order valence-corrected chi connectivity index (χ0v) is 11.4. The number of carbonyl (C=O) groups excluding carboxylic acids is 1. The van der Waals surface area contributed by atoms with E-state index in [1.165, 1.54) is 6.92 Å². The third-order valence-electron chi connectivity index (χ3n) is 2.75. The molecule has 1 aromatic carbocycles. The second-order valence-corrected chi connectivity index (χ2v) is 4.47. The molecule has 2 aromatic rings. The molecule has 104 valence electrons. The molecule has 0 aliphatic heterocycles. The summed E-state index contributed by atoms with van der Waals surface area (Å²) in [6.45, 7) is 3.49. The number of benzene rings is 1. The van der Waals surface area contributed by atoms with Crippen LogP contribution < -0.4 is 16.4 Å². The first-order valence-electron chi connectivity index (χ1n) is 6.27. The smallest absolute Gasteiger partial charge is 0.221 e. The minimum atomic E-state index is -0.0914. The number of aromatic nitrogens is 2. The Labute approximate surface area is 117 Å². The number of nitrogen functional groups attached to an aromatic ring is 1. The molecule has 1 atom stereocenters. The summed E-state index contributed by atoms with van der Waals surface area (Å²) in [7, 11) is 0. The van der Waals surface area contributed by atoms with Gasteiger partial charge in [0.25, 0.3) is 0 Å². The highest BCUT2D eigenvalue weighted by Gasteiger charge is 2.07. The number of nitrogens with zero attached hydrogens (tertiary/aromatic N) is 2. The Morgan fingerprint density at radius 3 is 2.85 bits per heavy atom. The van der Waals surface area contributed by atoms with Gasteiger partial charge in [-0.15, -0.1) is 0 Å². The van der Waals surface area contributed by atoms with E-state index in [0.29, 0.717) is 5.82 Å². The van der Waals surface area contributed by atoms with Crippen molar-refractivity contribution in [3.8, 4) is 0 Å². The monoisotopic (exact) mass is 271 g/mol. The number of carbonyl (C=O) groups is 1. The lowest BCUT2D eigenvalue weighted by atomic mass is 10.1. The molecule has 2 rings (SSSR count). The summed E-state index contributed by atoms with van der Waals surface area (Å²) in [6.07, 6.45) is 1.60. The van der Waals surface area contributed by atoms with Gasteiger partial charge >= 0.3 is 0 Å². The molecule has 1 heterocycles. The van der Waals surface area contributed by atoms with Crippen LogP contribution in [0.4, 0.5) is 17.5 Å². The van der Waals surface area contributed by atoms with E-state index in [1.54, 1.807) is 12.3 Å². The minimum Gasteiger partial charge on any atom is -0.368 e. The van der Waals surface area contributed by atoms with Crippen molar-refractivity contribution in [1.29, 1.82) is 0 Å². The average molecular weight is 271 g/mol. The molecule has 0 bridgehead atoms. The Balaban J connectivity index is 2.12. The van der Waals surface area contributed by atoms with Crippen molar-refractivity contribution in [3.05, 3.63) is 42.1 Å². The van der Waals surface area contributed by atoms with Crippen molar-refractivity contribution in [1.82, 2.24) is 9.97 Å². The van der Waals surface area contributed by atoms with Gasteiger partial charge in [-0.2, -0.15) is 4.98 Å². The first-order chi connectivity index (χ1) is 9.54. The van der Waals surface area contributed by atoms with Crippen molar-refractivity contribution < 1.29 is 4.79 Å². The van der Waals surface area contributed by atoms with E-state index >= 15 is 0 Å². The summed E-state index contributed by atoms with van der Waals surface area (Å²) < 4.78 is 0. The van der Waals surface area contributed by atoms with Crippen LogP contribution in [-0.4, -0.2) is 15.9 Å². The van der Waals surface area contributed by atoms with Crippen LogP contribution in [-0.2, 0) is 4.79 Å². The molecule has 4 N–H and O–H groups in total. The number of rotatable bonds is 4. The van der Waals surface area contributed by atoms with E-state index in [2.05, 4.69) is 20.6 Å². The van der Waals surface area contributed by atoms with Crippen molar-refractivity contribution >= 4 is 23.4 Å². The number of hydrogen-bond donors (Lipinski definition) is 3. The standard InChI is InChI=1S/C14H17N5O/c1-9(17-13-6-7-16-14(15)19-13)11-4-3-5-12(8-11)18-10(2)20/h3-9H,1-2H3,(H,18,20)(H3,15,16,17,19). The van der Waals surface area contributed by atoms with Crippen LogP contribution in [0.5, 0.6) is 0 Å². The van der Waals surface area contributed by atoms with E-state index < -0.39 is 0 Å². The fourth-order valence-corrected chi connectivity index (χ4v) is 1.85. The Kier molecular flexibility index (Phi) is 4.14. The lowest BCUT2D eigenvalue weighted by molar-refractivity contribution is -0.114. The van der Waals surface area contributed by atoms with Crippen LogP contribution in [0.25, 0.3) is 0 Å². The topological polar surface area (TPSA) is 92.9 Å². The second-order valence-electron chi connectivity index (χ2n) is 4.47. The molecule has 0 saturated carbocycles. The molecule has 0 aliphatic rings. The first-order valence-corrected chi connectivity index (χ1v) is 6.27. The minimum absolute atomic E-state index is 0.0259. The number of anilines is 3. The maximum Gasteiger partial charge on any atom is 0.221 e. The van der Waals surface area contributed by atoms with Gasteiger partial charge in [0.1, 0.15) is 5.82 Å². The van der Waals surface area contributed by atoms with Crippen LogP contribution >= 0.6 is 0 Å². The molecular formula is C14H17N5O. The highest BCUT2D eigenvalue weighted by molar-refractivity contribution is 5.88. The molecular weight excluding hydrogens is 254 g/mol. The van der Waals surface area contributed by atoms with Gasteiger partial charge in [0.2, 0.25) is 11.9 Å². The van der Waals surface area contributed by atoms with Gasteiger partial charge in [0.15, 0.2) is 0 Å². The number of nitrogens with two attached hydrogens (primary N) is 1. The van der Waals surface area contributed by atoms with Gasteiger partial charge in [-0.1, -0.05) is 12.1 Å². The summed E-state index contributed by atoms with van der Waals surface area (Å²) >= 11 is 0. The van der Waals surface area contributed by atoms with E-state index in [0.717, 1.165) is 11.3 Å². The quantitative estimate of drug-likeness (QED) is 0.792. The van der Waals surface area contributed by atoms with Crippen LogP contribution in [0, 0.1) is 0 Å². The molecule has 1 amide bonds. The molecule has 20 heavy (non-hydrogen) atoms. The van der Waals surface area contributed by atoms with E-state index in [-0.39, 0.29) is 17.9 Å². The molecule has 6 heteroatoms. The summed E-state index contributed by atoms with van der Waals surface area (Å²) in [6, 6.07) is 9.42. The predicted octanol–water partition coefficient (Wildman–Crippen LogP) is 2.19. The summed E-state index contributed by atoms with van der Waals surface area (Å²) in [5, 5.41) is 6.00. The van der Waals surface area contributed by atoms with Crippen LogP contribution in [0.2, 0.25) is 0 Å². The average Bonchev–Trinajstić information content (AvgIpc) is 2.38. The number of nitrogens with one attached hydrogen (secondary N) is 2. The van der Waals surface area contributed by atoms with Crippen LogP contribution in [0.15, 0.2) is 36.5 Å². The Morgan fingerprint density at radius 1 is 1.35 bits per heavy atom. The lowest BCUT2D eigenvalue weighted by Crippen LogP contribution is -2.10. The largest absolute Gasteiger partial charge is 0.368 e. The fraction of sp³-hybridized carbons (Fsp3) is 0.214. The molecule has 1 aromatic heterocycles. The van der Waals surface area contributed by atoms with Gasteiger partial charge in [-0.25, -0.2) is 4.98 Å². The lowest BCUT2D eigenvalue weighted by Gasteiger charge is -2.16. The van der Waals surface area contributed by atoms with Crippen LogP contribution in [0.3, 0.4) is 0 Å². The maximum absolute atomic E-state index is 11.1. The molecule has 0 radical (unpaired) electrons. The Bertz CT molecular complexity index is 614. The summed E-state index contributed by atoms with van der Waals surface area (Å²) in [5.74, 6) is 0.801. The fourth-order valence-electron chi connectivity index (χ4n) is 1.85. The van der Waals surface area contributed by atoms with E-state index in [1.807, 2.05) is 31.2 Å². The Hall–Kier alpha value is -2.63. The molecule has 0 spiro atoms. The molecule has 1 unspecified atom stereocenters. The van der Waals surface area contributed by atoms with Gasteiger partial charge in [0, 0.05) is 18.8 Å². The van der Waals surface area contributed by atoms with Gasteiger partial charge < -0.3 is 16.4 Å². The Morgan fingerprint density at radius 2 is 2.15 bits per heavy atom. The number of amides is 1. The zero-order valence-electron chi connectivity index (χ0n) is 11.4. The third kappa shape index (κ3) is 3.68. The third-order valence-corrected chi connectivity index (χ3v) is 2.75. The van der Waals surface area contributed by atoms with Gasteiger partial charge in [-0.05, 0) is 30.7 Å². The maximum atomic E-state index is 11.1. The SMILES string of the molecule is CC(=O)Nc1cccc(C(C)Nc2ccnc(N)n2)c1. The van der Waals surface area contributed by atoms with Crippen molar-refractivity contribution in [2.75, 3.05) is 16.4 Å². The first kappa shape index (κ1) is 13.8. The predicted molar refractivity (Wildman–Crippen MR) is 79.2 cm³/mol. The molecule has 0 fully saturated rings. The molecule has 0 saturated heterocycles. The summed E-state index contributed by atoms with van der Waals surface area (Å²) in [4.78, 5) is 19.0. The normalized spacial score (nSPS) is 11.7. The van der Waals surface area contributed by atoms with Crippen LogP contribution in [0.1, 0.15) is 25.5 Å². The molecule has 6 nitrogen and oxygen atoms in total. The molecule has 0 aliphatic carbocycles. The van der Waals surface area contributed by atoms with E-state index in [4.69, 9.17) is 5.73 Å². The van der Waals surface area contributed by atoms with Crippen molar-refractivity contribution in [2.45, 2.75) is 19.9 Å². The number of hydrogen-bond acceptors (Lipinski definition) is 5. The van der Waals surface area contributed by atoms with Crippen molar-refractivity contribution in [3.63, 3.8) is 0 Å². The highest BCUT2D eigenvalue weighted by Crippen LogP contribution is 2.21. The van der Waals surface area contributed by atoms with Gasteiger partial charge in [-0.3, -0.25) is 4.79 Å². The van der Waals surface area contributed by atoms with Gasteiger partial charge in [0.05, 0.1) is 6.04 Å². The second kappa shape index (κ2) is 6.01. The van der Waals surface area contributed by atoms with Crippen molar-refractivity contribution in [2.24, 2.45) is 0 Å². The zero-order chi connectivity index (χ0) is 14.5. The highest BCUT2D eigenvalue weighted by atomic mass is 16.1. The summed E-state index contributed by atoms with van der Waals surface area (Å²) in [5.41, 5.74) is 7.35.